The van der Waals surface area contributed by atoms with Crippen LogP contribution >= 0.6 is 11.3 Å². The summed E-state index contributed by atoms with van der Waals surface area (Å²) in [5.41, 5.74) is 2.38. The quantitative estimate of drug-likeness (QED) is 0.911. The molecule has 0 amide bonds. The van der Waals surface area contributed by atoms with Gasteiger partial charge in [0.15, 0.2) is 0 Å². The van der Waals surface area contributed by atoms with Gasteiger partial charge in [-0.25, -0.2) is 4.98 Å². The zero-order valence-corrected chi connectivity index (χ0v) is 12.2. The normalized spacial score (nSPS) is 12.0. The van der Waals surface area contributed by atoms with E-state index in [-0.39, 0.29) is 5.54 Å². The molecule has 0 atom stereocenters. The number of furan rings is 1. The Kier molecular flexibility index (Phi) is 3.88. The van der Waals surface area contributed by atoms with Crippen molar-refractivity contribution in [1.82, 2.24) is 10.3 Å². The number of aryl methyl sites for hydroxylation is 1. The summed E-state index contributed by atoms with van der Waals surface area (Å²) in [6, 6.07) is 1.96. The second-order valence-electron chi connectivity index (χ2n) is 5.36. The minimum absolute atomic E-state index is 0.130. The Bertz CT molecular complexity index is 494. The first kappa shape index (κ1) is 13.3. The number of hydrogen-bond donors (Lipinski definition) is 1. The van der Waals surface area contributed by atoms with Crippen molar-refractivity contribution in [2.24, 2.45) is 0 Å². The van der Waals surface area contributed by atoms with Crippen molar-refractivity contribution in [3.8, 4) is 10.6 Å². The highest BCUT2D eigenvalue weighted by Crippen LogP contribution is 2.29. The molecule has 2 heterocycles. The summed E-state index contributed by atoms with van der Waals surface area (Å²) < 4.78 is 5.12. The van der Waals surface area contributed by atoms with Crippen LogP contribution in [0.2, 0.25) is 0 Å². The number of rotatable bonds is 4. The molecule has 2 aromatic rings. The van der Waals surface area contributed by atoms with Crippen molar-refractivity contribution in [3.63, 3.8) is 0 Å². The van der Waals surface area contributed by atoms with Gasteiger partial charge in [-0.3, -0.25) is 0 Å². The fourth-order valence-corrected chi connectivity index (χ4v) is 2.73. The molecule has 0 aliphatic heterocycles. The highest BCUT2D eigenvalue weighted by Gasteiger charge is 2.15. The van der Waals surface area contributed by atoms with E-state index in [0.717, 1.165) is 23.5 Å². The Morgan fingerprint density at radius 1 is 1.39 bits per heavy atom. The highest BCUT2D eigenvalue weighted by atomic mass is 32.1. The fraction of sp³-hybridized carbons (Fsp3) is 0.500. The third-order valence-electron chi connectivity index (χ3n) is 2.66. The molecule has 0 fully saturated rings. The third kappa shape index (κ3) is 3.21. The highest BCUT2D eigenvalue weighted by molar-refractivity contribution is 7.15. The first-order chi connectivity index (χ1) is 8.49. The van der Waals surface area contributed by atoms with Crippen LogP contribution in [-0.2, 0) is 13.0 Å². The van der Waals surface area contributed by atoms with E-state index in [4.69, 9.17) is 9.40 Å². The van der Waals surface area contributed by atoms with Crippen LogP contribution in [0.3, 0.4) is 0 Å². The number of nitrogens with one attached hydrogen (secondary N) is 1. The number of nitrogens with zero attached hydrogens (tertiary/aromatic N) is 1. The van der Waals surface area contributed by atoms with Gasteiger partial charge in [0, 0.05) is 22.5 Å². The van der Waals surface area contributed by atoms with Gasteiger partial charge in [-0.15, -0.1) is 11.3 Å². The topological polar surface area (TPSA) is 38.1 Å². The summed E-state index contributed by atoms with van der Waals surface area (Å²) >= 11 is 1.75. The van der Waals surface area contributed by atoms with Gasteiger partial charge in [0.25, 0.3) is 0 Å². The minimum atomic E-state index is 0.130. The van der Waals surface area contributed by atoms with E-state index >= 15 is 0 Å². The second kappa shape index (κ2) is 5.24. The zero-order chi connectivity index (χ0) is 13.2. The van der Waals surface area contributed by atoms with Gasteiger partial charge in [-0.2, -0.15) is 0 Å². The standard InChI is InChI=1S/C14H20N2OS/c1-5-11-12(8-15-14(2,3)4)18-13(16-11)10-6-7-17-9-10/h6-7,9,15H,5,8H2,1-4H3. The molecule has 0 aliphatic rings. The number of aromatic nitrogens is 1. The van der Waals surface area contributed by atoms with Gasteiger partial charge in [0.05, 0.1) is 12.0 Å². The lowest BCUT2D eigenvalue weighted by atomic mass is 10.1. The van der Waals surface area contributed by atoms with Crippen LogP contribution in [0.25, 0.3) is 10.6 Å². The predicted molar refractivity (Wildman–Crippen MR) is 75.8 cm³/mol. The zero-order valence-electron chi connectivity index (χ0n) is 11.4. The molecule has 0 spiro atoms. The molecule has 0 aromatic carbocycles. The van der Waals surface area contributed by atoms with E-state index in [2.05, 4.69) is 33.0 Å². The van der Waals surface area contributed by atoms with Gasteiger partial charge in [-0.05, 0) is 33.3 Å². The number of thiazole rings is 1. The molecule has 4 heteroatoms. The SMILES string of the molecule is CCc1nc(-c2ccoc2)sc1CNC(C)(C)C. The fourth-order valence-electron chi connectivity index (χ4n) is 1.65. The monoisotopic (exact) mass is 264 g/mol. The lowest BCUT2D eigenvalue weighted by Gasteiger charge is -2.20. The Morgan fingerprint density at radius 3 is 2.72 bits per heavy atom. The molecule has 2 aromatic heterocycles. The van der Waals surface area contributed by atoms with E-state index in [9.17, 15) is 0 Å². The summed E-state index contributed by atoms with van der Waals surface area (Å²) in [6.07, 6.45) is 4.41. The van der Waals surface area contributed by atoms with Crippen molar-refractivity contribution in [1.29, 1.82) is 0 Å². The Labute approximate surface area is 112 Å². The molecule has 0 radical (unpaired) electrons. The van der Waals surface area contributed by atoms with E-state index < -0.39 is 0 Å². The van der Waals surface area contributed by atoms with E-state index in [1.54, 1.807) is 23.9 Å². The first-order valence-corrected chi connectivity index (χ1v) is 7.07. The summed E-state index contributed by atoms with van der Waals surface area (Å²) in [6.45, 7) is 9.56. The molecular formula is C14H20N2OS. The summed E-state index contributed by atoms with van der Waals surface area (Å²) in [4.78, 5) is 6.01. The maximum absolute atomic E-state index is 5.12. The van der Waals surface area contributed by atoms with Crippen molar-refractivity contribution in [2.45, 2.75) is 46.2 Å². The van der Waals surface area contributed by atoms with Gasteiger partial charge < -0.3 is 9.73 Å². The van der Waals surface area contributed by atoms with Crippen molar-refractivity contribution in [2.75, 3.05) is 0 Å². The van der Waals surface area contributed by atoms with Gasteiger partial charge in [0.1, 0.15) is 11.3 Å². The van der Waals surface area contributed by atoms with Gasteiger partial charge in [-0.1, -0.05) is 6.92 Å². The molecule has 18 heavy (non-hydrogen) atoms. The third-order valence-corrected chi connectivity index (χ3v) is 3.81. The lowest BCUT2D eigenvalue weighted by Crippen LogP contribution is -2.35. The largest absolute Gasteiger partial charge is 0.472 e. The Morgan fingerprint density at radius 2 is 2.17 bits per heavy atom. The lowest BCUT2D eigenvalue weighted by molar-refractivity contribution is 0.425. The smallest absolute Gasteiger partial charge is 0.127 e. The van der Waals surface area contributed by atoms with E-state index in [1.807, 2.05) is 6.07 Å². The molecule has 0 aliphatic carbocycles. The van der Waals surface area contributed by atoms with Crippen molar-refractivity contribution in [3.05, 3.63) is 29.2 Å². The maximum atomic E-state index is 5.12. The molecule has 1 N–H and O–H groups in total. The van der Waals surface area contributed by atoms with Crippen LogP contribution in [0.4, 0.5) is 0 Å². The summed E-state index contributed by atoms with van der Waals surface area (Å²) in [5, 5.41) is 4.57. The summed E-state index contributed by atoms with van der Waals surface area (Å²) in [5.74, 6) is 0. The first-order valence-electron chi connectivity index (χ1n) is 6.26. The second-order valence-corrected chi connectivity index (χ2v) is 6.44. The van der Waals surface area contributed by atoms with Crippen LogP contribution in [0.5, 0.6) is 0 Å². The maximum Gasteiger partial charge on any atom is 0.127 e. The molecule has 2 rings (SSSR count). The Hall–Kier alpha value is -1.13. The molecule has 0 saturated heterocycles. The van der Waals surface area contributed by atoms with E-state index in [0.29, 0.717) is 0 Å². The molecular weight excluding hydrogens is 244 g/mol. The molecule has 0 saturated carbocycles. The van der Waals surface area contributed by atoms with Crippen LogP contribution in [0.1, 0.15) is 38.3 Å². The molecule has 0 bridgehead atoms. The average Bonchev–Trinajstić information content (AvgIpc) is 2.94. The van der Waals surface area contributed by atoms with Gasteiger partial charge in [0.2, 0.25) is 0 Å². The van der Waals surface area contributed by atoms with Crippen LogP contribution in [0.15, 0.2) is 23.0 Å². The molecule has 3 nitrogen and oxygen atoms in total. The van der Waals surface area contributed by atoms with Crippen LogP contribution < -0.4 is 5.32 Å². The minimum Gasteiger partial charge on any atom is -0.472 e. The van der Waals surface area contributed by atoms with E-state index in [1.165, 1.54) is 10.6 Å². The van der Waals surface area contributed by atoms with Crippen molar-refractivity contribution < 1.29 is 4.42 Å². The molecule has 0 unspecified atom stereocenters. The Balaban J connectivity index is 2.20. The average molecular weight is 264 g/mol. The van der Waals surface area contributed by atoms with Crippen LogP contribution in [0, 0.1) is 0 Å². The predicted octanol–water partition coefficient (Wildman–Crippen LogP) is 3.85. The van der Waals surface area contributed by atoms with Crippen LogP contribution in [-0.4, -0.2) is 10.5 Å². The summed E-state index contributed by atoms with van der Waals surface area (Å²) in [7, 11) is 0. The number of hydrogen-bond acceptors (Lipinski definition) is 4. The van der Waals surface area contributed by atoms with Crippen molar-refractivity contribution >= 4 is 11.3 Å². The van der Waals surface area contributed by atoms with Gasteiger partial charge >= 0.3 is 0 Å². The molecule has 98 valence electrons.